The topological polar surface area (TPSA) is 34.0 Å². The van der Waals surface area contributed by atoms with Crippen molar-refractivity contribution in [1.82, 2.24) is 4.57 Å². The van der Waals surface area contributed by atoms with Crippen LogP contribution in [0.15, 0.2) is 45.9 Å². The van der Waals surface area contributed by atoms with E-state index in [-0.39, 0.29) is 5.91 Å². The van der Waals surface area contributed by atoms with Gasteiger partial charge in [0.25, 0.3) is 5.91 Å². The Bertz CT molecular complexity index is 610. The molecule has 0 bridgehead atoms. The maximum Gasteiger partial charge on any atom is 0.272 e. The van der Waals surface area contributed by atoms with E-state index in [2.05, 4.69) is 28.2 Å². The number of carbonyl (C=O) groups excluding carboxylic acids is 1. The number of benzene rings is 1. The number of thioether (sulfide) groups is 1. The second-order valence-electron chi connectivity index (χ2n) is 4.42. The molecule has 0 aliphatic carbocycles. The molecule has 106 valence electrons. The Kier molecular flexibility index (Phi) is 5.31. The van der Waals surface area contributed by atoms with Crippen molar-refractivity contribution in [3.8, 4) is 0 Å². The predicted octanol–water partition coefficient (Wildman–Crippen LogP) is 4.63. The molecular weight excluding hydrogens is 336 g/mol. The molecule has 5 heteroatoms. The summed E-state index contributed by atoms with van der Waals surface area (Å²) in [6.45, 7) is 2.93. The first-order valence-electron chi connectivity index (χ1n) is 6.45. The molecule has 0 saturated heterocycles. The quantitative estimate of drug-likeness (QED) is 0.795. The van der Waals surface area contributed by atoms with Crippen molar-refractivity contribution in [2.45, 2.75) is 24.8 Å². The van der Waals surface area contributed by atoms with Gasteiger partial charge in [-0.2, -0.15) is 0 Å². The van der Waals surface area contributed by atoms with Gasteiger partial charge in [-0.1, -0.05) is 13.0 Å². The number of hydrogen-bond acceptors (Lipinski definition) is 2. The van der Waals surface area contributed by atoms with Gasteiger partial charge in [-0.3, -0.25) is 4.79 Å². The van der Waals surface area contributed by atoms with Gasteiger partial charge in [0.05, 0.1) is 0 Å². The number of nitrogens with one attached hydrogen (secondary N) is 1. The number of halogens is 1. The van der Waals surface area contributed by atoms with E-state index in [1.165, 1.54) is 0 Å². The van der Waals surface area contributed by atoms with Crippen molar-refractivity contribution in [2.24, 2.45) is 0 Å². The maximum absolute atomic E-state index is 12.4. The summed E-state index contributed by atoms with van der Waals surface area (Å²) in [5.74, 6) is -0.0811. The third kappa shape index (κ3) is 3.67. The molecule has 0 unspecified atom stereocenters. The fourth-order valence-corrected chi connectivity index (χ4v) is 2.91. The standard InChI is InChI=1S/C15H17BrN2OS/c1-3-7-18-10-11(16)8-14(18)15(19)17-12-5-4-6-13(9-12)20-2/h4-6,8-10H,3,7H2,1-2H3,(H,17,19). The van der Waals surface area contributed by atoms with Crippen LogP contribution < -0.4 is 5.32 Å². The Morgan fingerprint density at radius 3 is 2.90 bits per heavy atom. The van der Waals surface area contributed by atoms with Crippen molar-refractivity contribution in [1.29, 1.82) is 0 Å². The molecule has 0 atom stereocenters. The highest BCUT2D eigenvalue weighted by Gasteiger charge is 2.13. The number of carbonyl (C=O) groups is 1. The predicted molar refractivity (Wildman–Crippen MR) is 88.6 cm³/mol. The zero-order valence-electron chi connectivity index (χ0n) is 11.5. The molecule has 1 heterocycles. The van der Waals surface area contributed by atoms with Crippen LogP contribution in [0.2, 0.25) is 0 Å². The van der Waals surface area contributed by atoms with E-state index < -0.39 is 0 Å². The van der Waals surface area contributed by atoms with Crippen LogP contribution in [0.3, 0.4) is 0 Å². The molecule has 0 spiro atoms. The van der Waals surface area contributed by atoms with E-state index >= 15 is 0 Å². The molecule has 0 radical (unpaired) electrons. The van der Waals surface area contributed by atoms with Gasteiger partial charge in [0, 0.05) is 27.8 Å². The molecule has 0 aliphatic rings. The van der Waals surface area contributed by atoms with Gasteiger partial charge in [-0.15, -0.1) is 11.8 Å². The highest BCUT2D eigenvalue weighted by atomic mass is 79.9. The fraction of sp³-hybridized carbons (Fsp3) is 0.267. The lowest BCUT2D eigenvalue weighted by Gasteiger charge is -2.09. The number of aromatic nitrogens is 1. The average Bonchev–Trinajstić information content (AvgIpc) is 2.80. The third-order valence-electron chi connectivity index (χ3n) is 2.89. The smallest absolute Gasteiger partial charge is 0.272 e. The van der Waals surface area contributed by atoms with Gasteiger partial charge in [0.15, 0.2) is 0 Å². The number of nitrogens with zero attached hydrogens (tertiary/aromatic N) is 1. The largest absolute Gasteiger partial charge is 0.342 e. The normalized spacial score (nSPS) is 10.6. The Labute approximate surface area is 131 Å². The van der Waals surface area contributed by atoms with Gasteiger partial charge in [0.1, 0.15) is 5.69 Å². The van der Waals surface area contributed by atoms with Crippen LogP contribution in [-0.4, -0.2) is 16.7 Å². The summed E-state index contributed by atoms with van der Waals surface area (Å²) in [5, 5.41) is 2.95. The van der Waals surface area contributed by atoms with E-state index in [9.17, 15) is 4.79 Å². The summed E-state index contributed by atoms with van der Waals surface area (Å²) in [4.78, 5) is 13.5. The van der Waals surface area contributed by atoms with E-state index in [0.29, 0.717) is 5.69 Å². The minimum absolute atomic E-state index is 0.0811. The van der Waals surface area contributed by atoms with E-state index in [4.69, 9.17) is 0 Å². The van der Waals surface area contributed by atoms with Gasteiger partial charge in [-0.05, 0) is 52.9 Å². The summed E-state index contributed by atoms with van der Waals surface area (Å²) < 4.78 is 2.90. The SMILES string of the molecule is CCCn1cc(Br)cc1C(=O)Nc1cccc(SC)c1. The number of rotatable bonds is 5. The monoisotopic (exact) mass is 352 g/mol. The molecule has 0 fully saturated rings. The van der Waals surface area contributed by atoms with Gasteiger partial charge in [0.2, 0.25) is 0 Å². The molecule has 0 aliphatic heterocycles. The highest BCUT2D eigenvalue weighted by Crippen LogP contribution is 2.21. The van der Waals surface area contributed by atoms with Crippen LogP contribution in [-0.2, 0) is 6.54 Å². The Morgan fingerprint density at radius 2 is 2.20 bits per heavy atom. The molecule has 1 aromatic heterocycles. The second kappa shape index (κ2) is 6.99. The third-order valence-corrected chi connectivity index (χ3v) is 4.05. The molecule has 1 aromatic carbocycles. The van der Waals surface area contributed by atoms with Crippen LogP contribution in [0.5, 0.6) is 0 Å². The van der Waals surface area contributed by atoms with Crippen molar-refractivity contribution in [2.75, 3.05) is 11.6 Å². The molecular formula is C15H17BrN2OS. The molecule has 0 saturated carbocycles. The lowest BCUT2D eigenvalue weighted by Crippen LogP contribution is -2.16. The number of hydrogen-bond donors (Lipinski definition) is 1. The summed E-state index contributed by atoms with van der Waals surface area (Å²) in [5.41, 5.74) is 1.50. The van der Waals surface area contributed by atoms with E-state index in [1.54, 1.807) is 11.8 Å². The first kappa shape index (κ1) is 15.2. The summed E-state index contributed by atoms with van der Waals surface area (Å²) in [6, 6.07) is 9.70. The average molecular weight is 353 g/mol. The maximum atomic E-state index is 12.4. The highest BCUT2D eigenvalue weighted by molar-refractivity contribution is 9.10. The molecule has 2 rings (SSSR count). The molecule has 3 nitrogen and oxygen atoms in total. The van der Waals surface area contributed by atoms with Gasteiger partial charge in [-0.25, -0.2) is 0 Å². The van der Waals surface area contributed by atoms with Crippen LogP contribution in [0.4, 0.5) is 5.69 Å². The Hall–Kier alpha value is -1.20. The summed E-state index contributed by atoms with van der Waals surface area (Å²) in [7, 11) is 0. The Balaban J connectivity index is 2.19. The Morgan fingerprint density at radius 1 is 1.40 bits per heavy atom. The molecule has 2 aromatic rings. The minimum Gasteiger partial charge on any atom is -0.342 e. The zero-order valence-corrected chi connectivity index (χ0v) is 13.9. The van der Waals surface area contributed by atoms with E-state index in [0.717, 1.165) is 28.0 Å². The summed E-state index contributed by atoms with van der Waals surface area (Å²) in [6.07, 6.45) is 4.95. The molecule has 20 heavy (non-hydrogen) atoms. The van der Waals surface area contributed by atoms with Crippen LogP contribution >= 0.6 is 27.7 Å². The van der Waals surface area contributed by atoms with Crippen molar-refractivity contribution in [3.63, 3.8) is 0 Å². The van der Waals surface area contributed by atoms with Crippen molar-refractivity contribution < 1.29 is 4.79 Å². The number of aryl methyl sites for hydroxylation is 1. The van der Waals surface area contributed by atoms with Crippen LogP contribution in [0.25, 0.3) is 0 Å². The van der Waals surface area contributed by atoms with Crippen molar-refractivity contribution >= 4 is 39.3 Å². The lowest BCUT2D eigenvalue weighted by atomic mass is 10.3. The van der Waals surface area contributed by atoms with Crippen LogP contribution in [0, 0.1) is 0 Å². The first-order valence-corrected chi connectivity index (χ1v) is 8.47. The first-order chi connectivity index (χ1) is 9.63. The van der Waals surface area contributed by atoms with Gasteiger partial charge >= 0.3 is 0 Å². The molecule has 1 amide bonds. The number of anilines is 1. The second-order valence-corrected chi connectivity index (χ2v) is 6.22. The van der Waals surface area contributed by atoms with Crippen molar-refractivity contribution in [3.05, 3.63) is 46.7 Å². The van der Waals surface area contributed by atoms with E-state index in [1.807, 2.05) is 47.4 Å². The lowest BCUT2D eigenvalue weighted by molar-refractivity contribution is 0.101. The minimum atomic E-state index is -0.0811. The summed E-state index contributed by atoms with van der Waals surface area (Å²) >= 11 is 5.08. The molecule has 1 N–H and O–H groups in total. The van der Waals surface area contributed by atoms with Crippen LogP contribution in [0.1, 0.15) is 23.8 Å². The fourth-order valence-electron chi connectivity index (χ4n) is 1.99. The van der Waals surface area contributed by atoms with Gasteiger partial charge < -0.3 is 9.88 Å². The zero-order chi connectivity index (χ0) is 14.5. The number of amides is 1.